The normalized spacial score (nSPS) is 12.7. The number of non-ortho nitro benzene ring substituents is 1. The number of fused-ring (bicyclic) bond motifs is 1. The van der Waals surface area contributed by atoms with Crippen LogP contribution in [0, 0.1) is 10.1 Å². The Kier molecular flexibility index (Phi) is 5.53. The SMILES string of the molecule is O=C(c1ccccc1)c1cc([N+](=O)[O-])ccc1-n1c(Br)nnc1CN1C(=O)c2ccccc2C1=O. The maximum Gasteiger partial charge on any atom is 0.270 e. The molecule has 0 unspecified atom stereocenters. The molecular weight excluding hydrogens is 518 g/mol. The zero-order valence-corrected chi connectivity index (χ0v) is 19.4. The molecule has 0 atom stereocenters. The number of ketones is 1. The smallest absolute Gasteiger partial charge is 0.270 e. The number of carbonyl (C=O) groups is 3. The van der Waals surface area contributed by atoms with Crippen LogP contribution in [0.4, 0.5) is 5.69 Å². The summed E-state index contributed by atoms with van der Waals surface area (Å²) in [7, 11) is 0. The number of imide groups is 1. The third-order valence-corrected chi connectivity index (χ3v) is 6.09. The third-order valence-electron chi connectivity index (χ3n) is 5.58. The van der Waals surface area contributed by atoms with E-state index in [1.54, 1.807) is 54.6 Å². The van der Waals surface area contributed by atoms with Gasteiger partial charge in [-0.15, -0.1) is 10.2 Å². The van der Waals surface area contributed by atoms with E-state index in [0.717, 1.165) is 4.90 Å². The molecule has 0 bridgehead atoms. The average molecular weight is 532 g/mol. The van der Waals surface area contributed by atoms with Crippen LogP contribution >= 0.6 is 15.9 Å². The molecule has 11 heteroatoms. The molecule has 0 radical (unpaired) electrons. The number of hydrogen-bond donors (Lipinski definition) is 0. The van der Waals surface area contributed by atoms with Gasteiger partial charge in [-0.25, -0.2) is 0 Å². The highest BCUT2D eigenvalue weighted by Crippen LogP contribution is 2.29. The van der Waals surface area contributed by atoms with E-state index in [4.69, 9.17) is 0 Å². The minimum absolute atomic E-state index is 0.0366. The molecule has 3 aromatic carbocycles. The van der Waals surface area contributed by atoms with Crippen molar-refractivity contribution >= 4 is 39.2 Å². The van der Waals surface area contributed by atoms with Crippen molar-refractivity contribution in [3.05, 3.63) is 116 Å². The Morgan fingerprint density at radius 2 is 1.54 bits per heavy atom. The highest BCUT2D eigenvalue weighted by Gasteiger charge is 2.36. The first kappa shape index (κ1) is 22.3. The van der Waals surface area contributed by atoms with Crippen molar-refractivity contribution in [2.75, 3.05) is 0 Å². The second-order valence-electron chi connectivity index (χ2n) is 7.62. The monoisotopic (exact) mass is 531 g/mol. The fraction of sp³-hybridized carbons (Fsp3) is 0.0417. The van der Waals surface area contributed by atoms with Gasteiger partial charge in [0.2, 0.25) is 4.73 Å². The Morgan fingerprint density at radius 3 is 2.17 bits per heavy atom. The molecule has 2 heterocycles. The molecule has 0 saturated heterocycles. The van der Waals surface area contributed by atoms with Crippen LogP contribution in [-0.4, -0.2) is 42.2 Å². The molecular formula is C24H14BrN5O5. The van der Waals surface area contributed by atoms with E-state index in [9.17, 15) is 24.5 Å². The Hall–Kier alpha value is -4.51. The summed E-state index contributed by atoms with van der Waals surface area (Å²) in [5.74, 6) is -1.21. The Bertz CT molecular complexity index is 1500. The van der Waals surface area contributed by atoms with Gasteiger partial charge in [-0.2, -0.15) is 0 Å². The van der Waals surface area contributed by atoms with Gasteiger partial charge in [0.05, 0.1) is 33.8 Å². The van der Waals surface area contributed by atoms with Crippen LogP contribution < -0.4 is 0 Å². The molecule has 0 aliphatic carbocycles. The van der Waals surface area contributed by atoms with Gasteiger partial charge in [0, 0.05) is 17.7 Å². The molecule has 0 saturated carbocycles. The summed E-state index contributed by atoms with van der Waals surface area (Å²) in [5.41, 5.74) is 0.942. The van der Waals surface area contributed by atoms with Crippen molar-refractivity contribution < 1.29 is 19.3 Å². The van der Waals surface area contributed by atoms with E-state index >= 15 is 0 Å². The van der Waals surface area contributed by atoms with Crippen molar-refractivity contribution in [2.24, 2.45) is 0 Å². The summed E-state index contributed by atoms with van der Waals surface area (Å²) in [6.45, 7) is -0.221. The van der Waals surface area contributed by atoms with Crippen LogP contribution in [0.3, 0.4) is 0 Å². The van der Waals surface area contributed by atoms with Gasteiger partial charge >= 0.3 is 0 Å². The average Bonchev–Trinajstić information content (AvgIpc) is 3.36. The summed E-state index contributed by atoms with van der Waals surface area (Å²) < 4.78 is 1.64. The third kappa shape index (κ3) is 3.81. The molecule has 0 N–H and O–H groups in total. The van der Waals surface area contributed by atoms with Crippen molar-refractivity contribution in [2.45, 2.75) is 6.54 Å². The number of rotatable bonds is 6. The van der Waals surface area contributed by atoms with Crippen LogP contribution in [0.15, 0.2) is 77.5 Å². The molecule has 4 aromatic rings. The van der Waals surface area contributed by atoms with Crippen LogP contribution in [0.2, 0.25) is 0 Å². The second kappa shape index (κ2) is 8.69. The van der Waals surface area contributed by atoms with Gasteiger partial charge in [-0.3, -0.25) is 34.0 Å². The van der Waals surface area contributed by atoms with E-state index in [1.165, 1.54) is 22.8 Å². The van der Waals surface area contributed by atoms with Gasteiger partial charge in [0.15, 0.2) is 11.6 Å². The highest BCUT2D eigenvalue weighted by atomic mass is 79.9. The molecule has 1 aliphatic heterocycles. The van der Waals surface area contributed by atoms with Crippen LogP contribution in [0.5, 0.6) is 0 Å². The molecule has 1 aliphatic rings. The number of nitro benzene ring substituents is 1. The van der Waals surface area contributed by atoms with E-state index < -0.39 is 22.5 Å². The van der Waals surface area contributed by atoms with E-state index in [1.807, 2.05) is 0 Å². The van der Waals surface area contributed by atoms with Gasteiger partial charge < -0.3 is 0 Å². The first-order chi connectivity index (χ1) is 16.9. The summed E-state index contributed by atoms with van der Waals surface area (Å²) in [5, 5.41) is 19.5. The first-order valence-corrected chi connectivity index (χ1v) is 11.1. The summed E-state index contributed by atoms with van der Waals surface area (Å²) in [6, 6.07) is 18.7. The molecule has 1 aromatic heterocycles. The lowest BCUT2D eigenvalue weighted by Crippen LogP contribution is -2.30. The zero-order chi connectivity index (χ0) is 24.7. The predicted octanol–water partition coefficient (Wildman–Crippen LogP) is 3.97. The molecule has 5 rings (SSSR count). The maximum absolute atomic E-state index is 13.3. The summed E-state index contributed by atoms with van der Waals surface area (Å²) >= 11 is 3.30. The summed E-state index contributed by atoms with van der Waals surface area (Å²) in [6.07, 6.45) is 0. The van der Waals surface area contributed by atoms with Gasteiger partial charge in [-0.05, 0) is 34.1 Å². The number of halogens is 1. The Morgan fingerprint density at radius 1 is 0.914 bits per heavy atom. The van der Waals surface area contributed by atoms with Crippen molar-refractivity contribution in [1.29, 1.82) is 0 Å². The second-order valence-corrected chi connectivity index (χ2v) is 8.33. The molecule has 35 heavy (non-hydrogen) atoms. The van der Waals surface area contributed by atoms with Crippen molar-refractivity contribution in [1.82, 2.24) is 19.7 Å². The van der Waals surface area contributed by atoms with Gasteiger partial charge in [0.1, 0.15) is 0 Å². The Balaban J connectivity index is 1.60. The van der Waals surface area contributed by atoms with Crippen molar-refractivity contribution in [3.63, 3.8) is 0 Å². The van der Waals surface area contributed by atoms with E-state index in [0.29, 0.717) is 5.56 Å². The summed E-state index contributed by atoms with van der Waals surface area (Å²) in [4.78, 5) is 50.9. The van der Waals surface area contributed by atoms with Crippen molar-refractivity contribution in [3.8, 4) is 5.69 Å². The van der Waals surface area contributed by atoms with Gasteiger partial charge in [0.25, 0.3) is 17.5 Å². The minimum atomic E-state index is -0.591. The topological polar surface area (TPSA) is 128 Å². The number of hydrogen-bond acceptors (Lipinski definition) is 7. The Labute approximate surface area is 206 Å². The first-order valence-electron chi connectivity index (χ1n) is 10.3. The lowest BCUT2D eigenvalue weighted by molar-refractivity contribution is -0.384. The maximum atomic E-state index is 13.3. The number of nitro groups is 1. The number of nitrogens with zero attached hydrogens (tertiary/aromatic N) is 5. The largest absolute Gasteiger partial charge is 0.289 e. The number of carbonyl (C=O) groups excluding carboxylic acids is 3. The zero-order valence-electron chi connectivity index (χ0n) is 17.8. The van der Waals surface area contributed by atoms with Gasteiger partial charge in [-0.1, -0.05) is 42.5 Å². The standard InChI is InChI=1S/C24H14BrN5O5/c25-24-27-26-20(13-28-22(32)16-8-4-5-9-17(16)23(28)33)29(24)19-11-10-15(30(34)35)12-18(19)21(31)14-6-2-1-3-7-14/h1-12H,13H2. The van der Waals surface area contributed by atoms with Crippen LogP contribution in [0.25, 0.3) is 5.69 Å². The molecule has 10 nitrogen and oxygen atoms in total. The predicted molar refractivity (Wildman–Crippen MR) is 126 cm³/mol. The molecule has 172 valence electrons. The molecule has 2 amide bonds. The number of benzene rings is 3. The fourth-order valence-electron chi connectivity index (χ4n) is 3.92. The molecule has 0 spiro atoms. The van der Waals surface area contributed by atoms with E-state index in [-0.39, 0.29) is 45.2 Å². The lowest BCUT2D eigenvalue weighted by atomic mass is 10.0. The highest BCUT2D eigenvalue weighted by molar-refractivity contribution is 9.10. The quantitative estimate of drug-likeness (QED) is 0.159. The number of aromatic nitrogens is 3. The number of amides is 2. The van der Waals surface area contributed by atoms with Crippen LogP contribution in [-0.2, 0) is 6.54 Å². The minimum Gasteiger partial charge on any atom is -0.289 e. The van der Waals surface area contributed by atoms with Crippen LogP contribution in [0.1, 0.15) is 42.5 Å². The fourth-order valence-corrected chi connectivity index (χ4v) is 4.39. The van der Waals surface area contributed by atoms with E-state index in [2.05, 4.69) is 26.1 Å². The lowest BCUT2D eigenvalue weighted by Gasteiger charge is -2.16. The molecule has 0 fully saturated rings.